The number of anilines is 1. The van der Waals surface area contributed by atoms with Gasteiger partial charge in [-0.15, -0.1) is 0 Å². The number of benzene rings is 1. The number of amides is 4. The van der Waals surface area contributed by atoms with Gasteiger partial charge in [-0.25, -0.2) is 4.98 Å². The van der Waals surface area contributed by atoms with Crippen LogP contribution >= 0.6 is 0 Å². The Kier molecular flexibility index (Phi) is 4.19. The maximum atomic E-state index is 12.9. The number of rotatable bonds is 5. The SMILES string of the molecule is O=C1CCC(N2C(=O)c3cccc(NCCc4cnc[nH]4)c3C2=O)C(=O)N1. The first-order chi connectivity index (χ1) is 13.1. The summed E-state index contributed by atoms with van der Waals surface area (Å²) in [7, 11) is 0. The molecule has 138 valence electrons. The molecule has 1 aromatic carbocycles. The van der Waals surface area contributed by atoms with Crippen LogP contribution in [0.5, 0.6) is 0 Å². The molecule has 0 bridgehead atoms. The molecule has 0 radical (unpaired) electrons. The van der Waals surface area contributed by atoms with Crippen LogP contribution in [0.2, 0.25) is 0 Å². The largest absolute Gasteiger partial charge is 0.384 e. The lowest BCUT2D eigenvalue weighted by atomic mass is 10.0. The standard InChI is InChI=1S/C18H17N5O4/c24-14-5-4-13(16(25)22-14)23-17(26)11-2-1-3-12(15(11)18(23)27)20-7-6-10-8-19-9-21-10/h1-3,8-9,13,20H,4-7H2,(H,19,21)(H,22,24,25). The summed E-state index contributed by atoms with van der Waals surface area (Å²) in [5.74, 6) is -2.04. The number of fused-ring (bicyclic) bond motifs is 1. The number of H-pyrrole nitrogens is 1. The molecule has 0 aliphatic carbocycles. The predicted octanol–water partition coefficient (Wildman–Crippen LogP) is 0.465. The van der Waals surface area contributed by atoms with Crippen molar-refractivity contribution in [2.75, 3.05) is 11.9 Å². The van der Waals surface area contributed by atoms with E-state index in [1.165, 1.54) is 0 Å². The Morgan fingerprint density at radius 3 is 2.78 bits per heavy atom. The van der Waals surface area contributed by atoms with Crippen LogP contribution in [-0.4, -0.2) is 51.1 Å². The summed E-state index contributed by atoms with van der Waals surface area (Å²) in [6, 6.07) is 4.02. The number of piperidine rings is 1. The second kappa shape index (κ2) is 6.67. The highest BCUT2D eigenvalue weighted by Crippen LogP contribution is 2.32. The molecule has 2 aromatic rings. The molecule has 9 nitrogen and oxygen atoms in total. The Bertz CT molecular complexity index is 937. The molecule has 1 saturated heterocycles. The number of nitrogens with one attached hydrogen (secondary N) is 3. The first-order valence-electron chi connectivity index (χ1n) is 8.62. The van der Waals surface area contributed by atoms with Gasteiger partial charge in [-0.2, -0.15) is 0 Å². The maximum absolute atomic E-state index is 12.9. The summed E-state index contributed by atoms with van der Waals surface area (Å²) in [4.78, 5) is 57.1. The van der Waals surface area contributed by atoms with Gasteiger partial charge in [0.2, 0.25) is 11.8 Å². The summed E-state index contributed by atoms with van der Waals surface area (Å²) in [6.45, 7) is 0.540. The predicted molar refractivity (Wildman–Crippen MR) is 93.9 cm³/mol. The van der Waals surface area contributed by atoms with E-state index >= 15 is 0 Å². The van der Waals surface area contributed by atoms with Crippen molar-refractivity contribution in [1.29, 1.82) is 0 Å². The monoisotopic (exact) mass is 367 g/mol. The van der Waals surface area contributed by atoms with E-state index in [4.69, 9.17) is 0 Å². The molecule has 2 aliphatic heterocycles. The van der Waals surface area contributed by atoms with Crippen molar-refractivity contribution >= 4 is 29.3 Å². The quantitative estimate of drug-likeness (QED) is 0.660. The third-order valence-corrected chi connectivity index (χ3v) is 4.73. The second-order valence-corrected chi connectivity index (χ2v) is 6.43. The Hall–Kier alpha value is -3.49. The minimum atomic E-state index is -0.965. The van der Waals surface area contributed by atoms with E-state index in [1.807, 2.05) is 0 Å². The fourth-order valence-corrected chi connectivity index (χ4v) is 3.42. The van der Waals surface area contributed by atoms with Crippen LogP contribution in [0.4, 0.5) is 5.69 Å². The number of hydrogen-bond donors (Lipinski definition) is 3. The number of imidazole rings is 1. The number of hydrogen-bond acceptors (Lipinski definition) is 6. The average molecular weight is 367 g/mol. The first kappa shape index (κ1) is 17.0. The zero-order valence-electron chi connectivity index (χ0n) is 14.3. The van der Waals surface area contributed by atoms with Crippen LogP contribution in [-0.2, 0) is 16.0 Å². The van der Waals surface area contributed by atoms with Gasteiger partial charge in [0, 0.05) is 37.0 Å². The van der Waals surface area contributed by atoms with Gasteiger partial charge in [0.25, 0.3) is 11.8 Å². The average Bonchev–Trinajstić information content (AvgIpc) is 3.24. The van der Waals surface area contributed by atoms with Gasteiger partial charge in [0.05, 0.1) is 17.5 Å². The Morgan fingerprint density at radius 2 is 2.04 bits per heavy atom. The van der Waals surface area contributed by atoms with Crippen molar-refractivity contribution in [3.05, 3.63) is 47.5 Å². The van der Waals surface area contributed by atoms with Gasteiger partial charge in [-0.1, -0.05) is 6.07 Å². The van der Waals surface area contributed by atoms with Crippen LogP contribution in [0.1, 0.15) is 39.3 Å². The molecule has 0 spiro atoms. The number of aromatic nitrogens is 2. The molecule has 4 rings (SSSR count). The number of imide groups is 2. The minimum absolute atomic E-state index is 0.0963. The van der Waals surface area contributed by atoms with Crippen molar-refractivity contribution in [3.8, 4) is 0 Å². The molecule has 1 unspecified atom stereocenters. The van der Waals surface area contributed by atoms with E-state index in [-0.39, 0.29) is 24.0 Å². The Balaban J connectivity index is 1.56. The molecule has 1 fully saturated rings. The van der Waals surface area contributed by atoms with Crippen molar-refractivity contribution in [3.63, 3.8) is 0 Å². The van der Waals surface area contributed by atoms with E-state index in [0.717, 1.165) is 10.6 Å². The summed E-state index contributed by atoms with van der Waals surface area (Å²) in [6.07, 6.45) is 4.21. The minimum Gasteiger partial charge on any atom is -0.384 e. The second-order valence-electron chi connectivity index (χ2n) is 6.43. The lowest BCUT2D eigenvalue weighted by molar-refractivity contribution is -0.136. The highest BCUT2D eigenvalue weighted by molar-refractivity contribution is 6.25. The van der Waals surface area contributed by atoms with E-state index in [1.54, 1.807) is 30.7 Å². The van der Waals surface area contributed by atoms with Crippen molar-refractivity contribution in [2.45, 2.75) is 25.3 Å². The Labute approximate surface area is 154 Å². The third kappa shape index (κ3) is 2.97. The molecule has 0 saturated carbocycles. The topological polar surface area (TPSA) is 124 Å². The highest BCUT2D eigenvalue weighted by Gasteiger charge is 2.45. The van der Waals surface area contributed by atoms with Gasteiger partial charge in [0.1, 0.15) is 6.04 Å². The lowest BCUT2D eigenvalue weighted by Crippen LogP contribution is -2.54. The molecular formula is C18H17N5O4. The summed E-state index contributed by atoms with van der Waals surface area (Å²) < 4.78 is 0. The van der Waals surface area contributed by atoms with Crippen LogP contribution in [0.25, 0.3) is 0 Å². The van der Waals surface area contributed by atoms with Gasteiger partial charge in [-0.3, -0.25) is 29.4 Å². The fourth-order valence-electron chi connectivity index (χ4n) is 3.42. The number of nitrogens with zero attached hydrogens (tertiary/aromatic N) is 2. The van der Waals surface area contributed by atoms with Crippen molar-refractivity contribution in [1.82, 2.24) is 20.2 Å². The lowest BCUT2D eigenvalue weighted by Gasteiger charge is -2.27. The highest BCUT2D eigenvalue weighted by atomic mass is 16.2. The van der Waals surface area contributed by atoms with Gasteiger partial charge < -0.3 is 10.3 Å². The number of carbonyl (C=O) groups is 4. The van der Waals surface area contributed by atoms with Crippen molar-refractivity contribution < 1.29 is 19.2 Å². The molecular weight excluding hydrogens is 350 g/mol. The smallest absolute Gasteiger partial charge is 0.264 e. The van der Waals surface area contributed by atoms with E-state index in [9.17, 15) is 19.2 Å². The molecule has 9 heteroatoms. The van der Waals surface area contributed by atoms with E-state index in [2.05, 4.69) is 20.6 Å². The fraction of sp³-hybridized carbons (Fsp3) is 0.278. The molecule has 3 N–H and O–H groups in total. The molecule has 3 heterocycles. The van der Waals surface area contributed by atoms with Crippen LogP contribution < -0.4 is 10.6 Å². The van der Waals surface area contributed by atoms with E-state index in [0.29, 0.717) is 18.7 Å². The Morgan fingerprint density at radius 1 is 1.19 bits per heavy atom. The third-order valence-electron chi connectivity index (χ3n) is 4.73. The number of carbonyl (C=O) groups excluding carboxylic acids is 4. The normalized spacial score (nSPS) is 19.3. The van der Waals surface area contributed by atoms with Gasteiger partial charge in [-0.05, 0) is 18.6 Å². The molecule has 1 atom stereocenters. The molecule has 2 aliphatic rings. The molecule has 1 aromatic heterocycles. The first-order valence-corrected chi connectivity index (χ1v) is 8.62. The molecule has 4 amide bonds. The molecule has 27 heavy (non-hydrogen) atoms. The summed E-state index contributed by atoms with van der Waals surface area (Å²) in [5.41, 5.74) is 2.01. The van der Waals surface area contributed by atoms with Crippen LogP contribution in [0.3, 0.4) is 0 Å². The summed E-state index contributed by atoms with van der Waals surface area (Å²) >= 11 is 0. The van der Waals surface area contributed by atoms with Crippen LogP contribution in [0.15, 0.2) is 30.7 Å². The van der Waals surface area contributed by atoms with Crippen LogP contribution in [0, 0.1) is 0 Å². The maximum Gasteiger partial charge on any atom is 0.264 e. The summed E-state index contributed by atoms with van der Waals surface area (Å²) in [5, 5.41) is 5.36. The zero-order chi connectivity index (χ0) is 19.0. The number of aromatic amines is 1. The van der Waals surface area contributed by atoms with Crippen molar-refractivity contribution in [2.24, 2.45) is 0 Å². The zero-order valence-corrected chi connectivity index (χ0v) is 14.3. The van der Waals surface area contributed by atoms with E-state index < -0.39 is 29.7 Å². The van der Waals surface area contributed by atoms with Gasteiger partial charge >= 0.3 is 0 Å². The van der Waals surface area contributed by atoms with Gasteiger partial charge in [0.15, 0.2) is 0 Å².